The molecule has 2 aromatic rings. The summed E-state index contributed by atoms with van der Waals surface area (Å²) in [6.45, 7) is 0. The number of benzene rings is 1. The van der Waals surface area contributed by atoms with E-state index in [-0.39, 0.29) is 5.78 Å². The van der Waals surface area contributed by atoms with E-state index in [1.807, 2.05) is 0 Å². The van der Waals surface area contributed by atoms with Gasteiger partial charge in [0.2, 0.25) is 0 Å². The molecule has 0 saturated heterocycles. The van der Waals surface area contributed by atoms with Crippen molar-refractivity contribution >= 4 is 11.5 Å². The highest BCUT2D eigenvalue weighted by Gasteiger charge is 2.16. The SMILES string of the molecule is COc1cccc(C(=O)c2cnn(C)c2)c1N. The molecule has 0 bridgehead atoms. The minimum atomic E-state index is -0.158. The second-order valence-electron chi connectivity index (χ2n) is 3.65. The molecule has 5 nitrogen and oxygen atoms in total. The Morgan fingerprint density at radius 2 is 2.24 bits per heavy atom. The number of hydrogen-bond donors (Lipinski definition) is 1. The quantitative estimate of drug-likeness (QED) is 0.637. The summed E-state index contributed by atoms with van der Waals surface area (Å²) in [6, 6.07) is 5.13. The number of aryl methyl sites for hydroxylation is 1. The van der Waals surface area contributed by atoms with Crippen LogP contribution in [0.4, 0.5) is 5.69 Å². The standard InChI is InChI=1S/C12H13N3O2/c1-15-7-8(6-14-15)12(16)9-4-3-5-10(17-2)11(9)13/h3-7H,13H2,1-2H3. The zero-order chi connectivity index (χ0) is 12.4. The fourth-order valence-corrected chi connectivity index (χ4v) is 1.61. The number of nitrogens with two attached hydrogens (primary N) is 1. The first-order chi connectivity index (χ1) is 8.13. The zero-order valence-corrected chi connectivity index (χ0v) is 9.68. The van der Waals surface area contributed by atoms with Crippen LogP contribution in [-0.2, 0) is 7.05 Å². The van der Waals surface area contributed by atoms with Gasteiger partial charge < -0.3 is 10.5 Å². The molecule has 1 aromatic carbocycles. The van der Waals surface area contributed by atoms with Gasteiger partial charge in [-0.1, -0.05) is 6.07 Å². The predicted molar refractivity (Wildman–Crippen MR) is 64.0 cm³/mol. The maximum Gasteiger partial charge on any atom is 0.198 e. The maximum absolute atomic E-state index is 12.2. The van der Waals surface area contributed by atoms with Crippen molar-refractivity contribution < 1.29 is 9.53 Å². The fraction of sp³-hybridized carbons (Fsp3) is 0.167. The second kappa shape index (κ2) is 4.29. The summed E-state index contributed by atoms with van der Waals surface area (Å²) in [4.78, 5) is 12.2. The first-order valence-corrected chi connectivity index (χ1v) is 5.09. The number of carbonyl (C=O) groups is 1. The molecule has 0 unspecified atom stereocenters. The average Bonchev–Trinajstić information content (AvgIpc) is 2.75. The number of carbonyl (C=O) groups excluding carboxylic acids is 1. The third-order valence-corrected chi connectivity index (χ3v) is 2.50. The zero-order valence-electron chi connectivity index (χ0n) is 9.68. The van der Waals surface area contributed by atoms with Gasteiger partial charge in [-0.3, -0.25) is 9.48 Å². The molecule has 1 heterocycles. The van der Waals surface area contributed by atoms with E-state index in [0.717, 1.165) is 0 Å². The van der Waals surface area contributed by atoms with Gasteiger partial charge in [0.05, 0.1) is 24.6 Å². The van der Waals surface area contributed by atoms with E-state index in [2.05, 4.69) is 5.10 Å². The highest BCUT2D eigenvalue weighted by Crippen LogP contribution is 2.26. The number of aromatic nitrogens is 2. The lowest BCUT2D eigenvalue weighted by atomic mass is 10.0. The number of ketones is 1. The van der Waals surface area contributed by atoms with Crippen LogP contribution in [0.2, 0.25) is 0 Å². The summed E-state index contributed by atoms with van der Waals surface area (Å²) < 4.78 is 6.65. The molecule has 0 aliphatic carbocycles. The van der Waals surface area contributed by atoms with E-state index < -0.39 is 0 Å². The summed E-state index contributed by atoms with van der Waals surface area (Å²) in [5, 5.41) is 3.96. The largest absolute Gasteiger partial charge is 0.495 e. The van der Waals surface area contributed by atoms with Gasteiger partial charge in [-0.2, -0.15) is 5.10 Å². The average molecular weight is 231 g/mol. The topological polar surface area (TPSA) is 70.1 Å². The molecule has 0 fully saturated rings. The van der Waals surface area contributed by atoms with Crippen LogP contribution in [0.15, 0.2) is 30.6 Å². The van der Waals surface area contributed by atoms with Crippen molar-refractivity contribution in [2.24, 2.45) is 7.05 Å². The van der Waals surface area contributed by atoms with E-state index in [1.54, 1.807) is 36.1 Å². The predicted octanol–water partition coefficient (Wildman–Crippen LogP) is 1.24. The molecule has 2 N–H and O–H groups in total. The van der Waals surface area contributed by atoms with Gasteiger partial charge in [0.1, 0.15) is 5.75 Å². The Labute approximate surface area is 98.8 Å². The van der Waals surface area contributed by atoms with E-state index in [1.165, 1.54) is 13.3 Å². The van der Waals surface area contributed by atoms with Crippen molar-refractivity contribution in [1.29, 1.82) is 0 Å². The lowest BCUT2D eigenvalue weighted by molar-refractivity contribution is 0.103. The van der Waals surface area contributed by atoms with Crippen molar-refractivity contribution in [1.82, 2.24) is 9.78 Å². The Kier molecular flexibility index (Phi) is 2.82. The fourth-order valence-electron chi connectivity index (χ4n) is 1.61. The van der Waals surface area contributed by atoms with Gasteiger partial charge in [-0.25, -0.2) is 0 Å². The molecule has 0 atom stereocenters. The van der Waals surface area contributed by atoms with Crippen LogP contribution >= 0.6 is 0 Å². The Balaban J connectivity index is 2.44. The molecule has 0 aliphatic rings. The van der Waals surface area contributed by atoms with Gasteiger partial charge in [0, 0.05) is 18.8 Å². The molecule has 2 rings (SSSR count). The van der Waals surface area contributed by atoms with Crippen LogP contribution in [0.25, 0.3) is 0 Å². The number of nitrogen functional groups attached to an aromatic ring is 1. The van der Waals surface area contributed by atoms with E-state index in [0.29, 0.717) is 22.6 Å². The summed E-state index contributed by atoms with van der Waals surface area (Å²) in [7, 11) is 3.27. The number of nitrogens with zero attached hydrogens (tertiary/aromatic N) is 2. The van der Waals surface area contributed by atoms with Crippen LogP contribution < -0.4 is 10.5 Å². The van der Waals surface area contributed by atoms with Gasteiger partial charge in [-0.15, -0.1) is 0 Å². The highest BCUT2D eigenvalue weighted by molar-refractivity contribution is 6.12. The summed E-state index contributed by atoms with van der Waals surface area (Å²) in [6.07, 6.45) is 3.17. The van der Waals surface area contributed by atoms with Crippen LogP contribution in [0.3, 0.4) is 0 Å². The van der Waals surface area contributed by atoms with Crippen molar-refractivity contribution in [2.75, 3.05) is 12.8 Å². The van der Waals surface area contributed by atoms with Crippen molar-refractivity contribution in [3.05, 3.63) is 41.7 Å². The van der Waals surface area contributed by atoms with Crippen LogP contribution in [-0.4, -0.2) is 22.7 Å². The van der Waals surface area contributed by atoms with Gasteiger partial charge in [0.25, 0.3) is 0 Å². The number of hydrogen-bond acceptors (Lipinski definition) is 4. The Morgan fingerprint density at radius 1 is 1.47 bits per heavy atom. The second-order valence-corrected chi connectivity index (χ2v) is 3.65. The highest BCUT2D eigenvalue weighted by atomic mass is 16.5. The molecule has 0 spiro atoms. The minimum Gasteiger partial charge on any atom is -0.495 e. The van der Waals surface area contributed by atoms with E-state index in [4.69, 9.17) is 10.5 Å². The van der Waals surface area contributed by atoms with Gasteiger partial charge in [-0.05, 0) is 12.1 Å². The van der Waals surface area contributed by atoms with Crippen LogP contribution in [0, 0.1) is 0 Å². The number of para-hydroxylation sites is 1. The first kappa shape index (κ1) is 11.2. The maximum atomic E-state index is 12.2. The number of methoxy groups -OCH3 is 1. The van der Waals surface area contributed by atoms with Crippen molar-refractivity contribution in [2.45, 2.75) is 0 Å². The molecule has 0 aliphatic heterocycles. The lowest BCUT2D eigenvalue weighted by Gasteiger charge is -2.07. The van der Waals surface area contributed by atoms with Gasteiger partial charge >= 0.3 is 0 Å². The smallest absolute Gasteiger partial charge is 0.198 e. The van der Waals surface area contributed by atoms with Gasteiger partial charge in [0.15, 0.2) is 5.78 Å². The molecule has 5 heteroatoms. The molecular formula is C12H13N3O2. The third kappa shape index (κ3) is 1.99. The molecule has 0 saturated carbocycles. The normalized spacial score (nSPS) is 10.2. The molecular weight excluding hydrogens is 218 g/mol. The molecule has 17 heavy (non-hydrogen) atoms. The minimum absolute atomic E-state index is 0.158. The number of rotatable bonds is 3. The van der Waals surface area contributed by atoms with E-state index >= 15 is 0 Å². The molecule has 0 radical (unpaired) electrons. The monoisotopic (exact) mass is 231 g/mol. The summed E-state index contributed by atoms with van der Waals surface area (Å²) >= 11 is 0. The molecule has 1 aromatic heterocycles. The van der Waals surface area contributed by atoms with Crippen LogP contribution in [0.5, 0.6) is 5.75 Å². The lowest BCUT2D eigenvalue weighted by Crippen LogP contribution is -2.06. The van der Waals surface area contributed by atoms with Crippen LogP contribution in [0.1, 0.15) is 15.9 Å². The summed E-state index contributed by atoms with van der Waals surface area (Å²) in [5.41, 5.74) is 7.15. The Morgan fingerprint density at radius 3 is 2.82 bits per heavy atom. The van der Waals surface area contributed by atoms with E-state index in [9.17, 15) is 4.79 Å². The Bertz CT molecular complexity index is 561. The summed E-state index contributed by atoms with van der Waals surface area (Å²) in [5.74, 6) is 0.342. The van der Waals surface area contributed by atoms with Crippen molar-refractivity contribution in [3.8, 4) is 5.75 Å². The number of ether oxygens (including phenoxy) is 1. The number of anilines is 1. The van der Waals surface area contributed by atoms with Crippen molar-refractivity contribution in [3.63, 3.8) is 0 Å². The molecule has 0 amide bonds. The first-order valence-electron chi connectivity index (χ1n) is 5.09. The molecule has 88 valence electrons. The third-order valence-electron chi connectivity index (χ3n) is 2.50. The Hall–Kier alpha value is -2.30.